The molecule has 3 heteroatoms. The number of fused-ring (bicyclic) bond motifs is 1. The van der Waals surface area contributed by atoms with E-state index in [-0.39, 0.29) is 69.7 Å². The molecule has 0 amide bonds. The summed E-state index contributed by atoms with van der Waals surface area (Å²) < 4.78 is 0. The molecule has 0 aliphatic carbocycles. The Labute approximate surface area is 134 Å². The number of aryl methyl sites for hydroxylation is 1. The molecule has 0 nitrogen and oxygen atoms in total. The Morgan fingerprint density at radius 1 is 1.14 bits per heavy atom. The van der Waals surface area contributed by atoms with Gasteiger partial charge in [0.05, 0.1) is 0 Å². The van der Waals surface area contributed by atoms with Crippen LogP contribution in [0.4, 0.5) is 0 Å². The van der Waals surface area contributed by atoms with Crippen molar-refractivity contribution in [3.63, 3.8) is 0 Å². The maximum atomic E-state index is 2.26. The Kier molecular flexibility index (Phi) is 10.2. The molecule has 0 spiro atoms. The van der Waals surface area contributed by atoms with Gasteiger partial charge in [0.2, 0.25) is 0 Å². The predicted molar refractivity (Wildman–Crippen MR) is 48.9 cm³/mol. The van der Waals surface area contributed by atoms with Gasteiger partial charge in [-0.05, 0) is 6.42 Å². The molecule has 0 saturated heterocycles. The van der Waals surface area contributed by atoms with Crippen LogP contribution in [0.5, 0.6) is 0 Å². The van der Waals surface area contributed by atoms with Crippen molar-refractivity contribution < 1.29 is 69.7 Å². The van der Waals surface area contributed by atoms with Crippen molar-refractivity contribution in [1.29, 1.82) is 0 Å². The van der Waals surface area contributed by atoms with Crippen LogP contribution in [0.3, 0.4) is 0 Å². The molecule has 2 aromatic carbocycles. The number of rotatable bonds is 1. The summed E-state index contributed by atoms with van der Waals surface area (Å²) in [6.45, 7) is 2.19. The van der Waals surface area contributed by atoms with Gasteiger partial charge in [-0.25, -0.2) is 0 Å². The van der Waals surface area contributed by atoms with E-state index in [4.69, 9.17) is 0 Å². The molecule has 0 saturated carbocycles. The Hall–Kier alpha value is 1.00. The SMILES string of the molecule is CCc1cc2ccccc2[cH-]1.[I-].[I-].[Ti+3]. The Morgan fingerprint density at radius 3 is 2.36 bits per heavy atom. The van der Waals surface area contributed by atoms with Crippen LogP contribution in [-0.4, -0.2) is 0 Å². The third kappa shape index (κ3) is 3.87. The monoisotopic (exact) mass is 445 g/mol. The summed E-state index contributed by atoms with van der Waals surface area (Å²) in [6.07, 6.45) is 1.13. The van der Waals surface area contributed by atoms with Crippen molar-refractivity contribution in [3.8, 4) is 0 Å². The summed E-state index contributed by atoms with van der Waals surface area (Å²) in [6, 6.07) is 13.0. The second-order valence-electron chi connectivity index (χ2n) is 2.85. The van der Waals surface area contributed by atoms with Crippen molar-refractivity contribution in [1.82, 2.24) is 0 Å². The molecule has 0 aliphatic rings. The van der Waals surface area contributed by atoms with Crippen molar-refractivity contribution >= 4 is 10.8 Å². The molecule has 0 aliphatic heterocycles. The van der Waals surface area contributed by atoms with Crippen molar-refractivity contribution in [2.45, 2.75) is 13.3 Å². The fraction of sp³-hybridized carbons (Fsp3) is 0.182. The van der Waals surface area contributed by atoms with Crippen LogP contribution in [0, 0.1) is 0 Å². The molecule has 0 atom stereocenters. The summed E-state index contributed by atoms with van der Waals surface area (Å²) in [4.78, 5) is 0. The molecular weight excluding hydrogens is 434 g/mol. The quantitative estimate of drug-likeness (QED) is 0.252. The van der Waals surface area contributed by atoms with Gasteiger partial charge in [-0.15, -0.1) is 40.6 Å². The van der Waals surface area contributed by atoms with Gasteiger partial charge in [0.1, 0.15) is 0 Å². The zero-order valence-electron chi connectivity index (χ0n) is 7.93. The zero-order chi connectivity index (χ0) is 7.68. The van der Waals surface area contributed by atoms with Crippen LogP contribution in [0.15, 0.2) is 36.4 Å². The minimum Gasteiger partial charge on any atom is -1.00 e. The third-order valence-corrected chi connectivity index (χ3v) is 2.09. The smallest absolute Gasteiger partial charge is 1.00 e. The third-order valence-electron chi connectivity index (χ3n) is 2.09. The standard InChI is InChI=1S/C11H11.2HI.Ti/c1-2-9-7-10-5-3-4-6-11(10)8-9;;;/h3-8H,2H2,1H3;2*1H;/q-1;;;+3/p-2. The van der Waals surface area contributed by atoms with Gasteiger partial charge in [0.15, 0.2) is 0 Å². The second-order valence-corrected chi connectivity index (χ2v) is 2.85. The molecule has 0 aromatic heterocycles. The van der Waals surface area contributed by atoms with Crippen molar-refractivity contribution in [3.05, 3.63) is 42.0 Å². The molecule has 1 radical (unpaired) electrons. The van der Waals surface area contributed by atoms with Gasteiger partial charge in [-0.3, -0.25) is 0 Å². The molecular formula is C11H11I2Ti. The molecule has 0 fully saturated rings. The number of benzene rings is 1. The first kappa shape index (κ1) is 17.4. The van der Waals surface area contributed by atoms with E-state index in [1.165, 1.54) is 16.3 Å². The molecule has 0 heterocycles. The molecule has 2 aromatic rings. The van der Waals surface area contributed by atoms with Gasteiger partial charge in [-0.2, -0.15) is 6.07 Å². The van der Waals surface area contributed by atoms with E-state index >= 15 is 0 Å². The van der Waals surface area contributed by atoms with Crippen LogP contribution < -0.4 is 48.0 Å². The normalized spacial score (nSPS) is 8.36. The van der Waals surface area contributed by atoms with Crippen molar-refractivity contribution in [2.24, 2.45) is 0 Å². The Morgan fingerprint density at radius 2 is 1.79 bits per heavy atom. The fourth-order valence-electron chi connectivity index (χ4n) is 1.42. The van der Waals surface area contributed by atoms with E-state index in [0.29, 0.717) is 0 Å². The summed E-state index contributed by atoms with van der Waals surface area (Å²) >= 11 is 0. The largest absolute Gasteiger partial charge is 3.00 e. The number of hydrogen-bond acceptors (Lipinski definition) is 0. The van der Waals surface area contributed by atoms with E-state index < -0.39 is 0 Å². The molecule has 2 rings (SSSR count). The molecule has 14 heavy (non-hydrogen) atoms. The van der Waals surface area contributed by atoms with Crippen LogP contribution in [0.25, 0.3) is 10.8 Å². The predicted octanol–water partition coefficient (Wildman–Crippen LogP) is -2.87. The van der Waals surface area contributed by atoms with Crippen LogP contribution in [0.1, 0.15) is 12.5 Å². The van der Waals surface area contributed by atoms with Gasteiger partial charge in [0, 0.05) is 0 Å². The fourth-order valence-corrected chi connectivity index (χ4v) is 1.42. The molecule has 73 valence electrons. The maximum absolute atomic E-state index is 2.26. The van der Waals surface area contributed by atoms with Crippen LogP contribution >= 0.6 is 0 Å². The van der Waals surface area contributed by atoms with E-state index in [1.807, 2.05) is 0 Å². The first-order chi connectivity index (χ1) is 5.40. The van der Waals surface area contributed by atoms with E-state index in [1.54, 1.807) is 0 Å². The molecule has 0 bridgehead atoms. The van der Waals surface area contributed by atoms with Gasteiger partial charge in [0.25, 0.3) is 0 Å². The summed E-state index contributed by atoms with van der Waals surface area (Å²) in [5, 5.41) is 2.73. The first-order valence-corrected chi connectivity index (χ1v) is 4.04. The van der Waals surface area contributed by atoms with E-state index in [9.17, 15) is 0 Å². The number of hydrogen-bond donors (Lipinski definition) is 0. The maximum Gasteiger partial charge on any atom is 3.00 e. The van der Waals surface area contributed by atoms with Crippen LogP contribution in [0.2, 0.25) is 0 Å². The second kappa shape index (κ2) is 8.19. The summed E-state index contributed by atoms with van der Waals surface area (Å²) in [5.41, 5.74) is 1.44. The van der Waals surface area contributed by atoms with Crippen LogP contribution in [-0.2, 0) is 28.1 Å². The minimum atomic E-state index is 0. The average molecular weight is 445 g/mol. The van der Waals surface area contributed by atoms with Gasteiger partial charge < -0.3 is 48.0 Å². The molecule has 0 N–H and O–H groups in total. The van der Waals surface area contributed by atoms with E-state index in [0.717, 1.165) is 6.42 Å². The summed E-state index contributed by atoms with van der Waals surface area (Å²) in [5.74, 6) is 0. The van der Waals surface area contributed by atoms with Gasteiger partial charge >= 0.3 is 21.7 Å². The Balaban J connectivity index is 0. The zero-order valence-corrected chi connectivity index (χ0v) is 13.8. The summed E-state index contributed by atoms with van der Waals surface area (Å²) in [7, 11) is 0. The molecule has 0 unspecified atom stereocenters. The Bertz CT molecular complexity index is 335. The van der Waals surface area contributed by atoms with Crippen molar-refractivity contribution in [2.75, 3.05) is 0 Å². The first-order valence-electron chi connectivity index (χ1n) is 4.04. The minimum absolute atomic E-state index is 0. The van der Waals surface area contributed by atoms with E-state index in [2.05, 4.69) is 43.3 Å². The average Bonchev–Trinajstić information content (AvgIpc) is 2.46. The number of halogens is 2. The topological polar surface area (TPSA) is 0 Å². The van der Waals surface area contributed by atoms with Gasteiger partial charge in [-0.1, -0.05) is 13.0 Å².